The first-order chi connectivity index (χ1) is 7.95. The van der Waals surface area contributed by atoms with E-state index in [0.717, 1.165) is 0 Å². The third kappa shape index (κ3) is 5.65. The molecular formula is C6H12O11S. The monoisotopic (exact) mass is 292 g/mol. The van der Waals surface area contributed by atoms with Crippen molar-refractivity contribution in [2.45, 2.75) is 30.7 Å². The van der Waals surface area contributed by atoms with E-state index in [0.29, 0.717) is 0 Å². The van der Waals surface area contributed by atoms with Gasteiger partial charge in [0.1, 0.15) is 18.3 Å². The Morgan fingerprint density at radius 2 is 1.33 bits per heavy atom. The summed E-state index contributed by atoms with van der Waals surface area (Å²) in [5.41, 5.74) is 0. The van der Waals surface area contributed by atoms with Gasteiger partial charge >= 0.3 is 16.4 Å². The van der Waals surface area contributed by atoms with Crippen molar-refractivity contribution in [3.05, 3.63) is 0 Å². The van der Waals surface area contributed by atoms with Crippen LogP contribution >= 0.6 is 0 Å². The maximum absolute atomic E-state index is 10.4. The highest BCUT2D eigenvalue weighted by Gasteiger charge is 2.46. The van der Waals surface area contributed by atoms with Crippen LogP contribution < -0.4 is 0 Å². The zero-order valence-electron chi connectivity index (χ0n) is 8.56. The summed E-state index contributed by atoms with van der Waals surface area (Å²) in [5.74, 6) is -1.52. The van der Waals surface area contributed by atoms with Gasteiger partial charge in [-0.25, -0.2) is 4.79 Å². The van der Waals surface area contributed by atoms with Crippen LogP contribution in [0.5, 0.6) is 0 Å². The van der Waals surface area contributed by atoms with Crippen molar-refractivity contribution in [3.8, 4) is 0 Å². The standard InChI is InChI=1S/C6H10O7.H2O4S/c7-1-2(8)4(5(10)11)13-6(12)3(1)9;1-5(2,3)4/h1-4,6-9,12H,(H,10,11);(H2,1,2,3,4)/t1-,2-,3+,4-,6?;/m0./s1. The summed E-state index contributed by atoms with van der Waals surface area (Å²) in [5, 5.41) is 44.4. The van der Waals surface area contributed by atoms with E-state index in [1.165, 1.54) is 0 Å². The minimum atomic E-state index is -4.67. The van der Waals surface area contributed by atoms with Gasteiger partial charge in [0.05, 0.1) is 0 Å². The molecule has 0 radical (unpaired) electrons. The van der Waals surface area contributed by atoms with Gasteiger partial charge in [-0.05, 0) is 0 Å². The second-order valence-electron chi connectivity index (χ2n) is 3.21. The van der Waals surface area contributed by atoms with E-state index >= 15 is 0 Å². The Morgan fingerprint density at radius 3 is 1.67 bits per heavy atom. The van der Waals surface area contributed by atoms with Crippen molar-refractivity contribution in [2.75, 3.05) is 0 Å². The molecule has 7 N–H and O–H groups in total. The summed E-state index contributed by atoms with van der Waals surface area (Å²) in [7, 11) is -4.67. The van der Waals surface area contributed by atoms with Gasteiger partial charge in [-0.15, -0.1) is 0 Å². The second-order valence-corrected chi connectivity index (χ2v) is 4.10. The summed E-state index contributed by atoms with van der Waals surface area (Å²) in [6.07, 6.45) is -8.72. The molecule has 1 aliphatic rings. The number of hydrogen-bond acceptors (Lipinski definition) is 8. The van der Waals surface area contributed by atoms with E-state index in [1.807, 2.05) is 0 Å². The van der Waals surface area contributed by atoms with E-state index in [-0.39, 0.29) is 0 Å². The molecule has 0 saturated carbocycles. The predicted octanol–water partition coefficient (Wildman–Crippen LogP) is -3.78. The lowest BCUT2D eigenvalue weighted by Gasteiger charge is -2.36. The molecule has 1 fully saturated rings. The number of rotatable bonds is 1. The Balaban J connectivity index is 0.000000494. The van der Waals surface area contributed by atoms with Gasteiger partial charge in [-0.3, -0.25) is 9.11 Å². The normalized spacial score (nSPS) is 36.4. The second kappa shape index (κ2) is 6.35. The fraction of sp³-hybridized carbons (Fsp3) is 0.833. The molecule has 1 rings (SSSR count). The topological polar surface area (TPSA) is 202 Å². The first kappa shape index (κ1) is 17.1. The molecule has 1 aliphatic heterocycles. The molecule has 0 bridgehead atoms. The molecule has 12 heteroatoms. The van der Waals surface area contributed by atoms with Crippen molar-refractivity contribution >= 4 is 16.4 Å². The Morgan fingerprint density at radius 1 is 0.944 bits per heavy atom. The Labute approximate surface area is 100 Å². The lowest BCUT2D eigenvalue weighted by Crippen LogP contribution is -2.59. The third-order valence-corrected chi connectivity index (χ3v) is 1.83. The minimum absolute atomic E-state index is 1.52. The molecule has 0 aliphatic carbocycles. The fourth-order valence-electron chi connectivity index (χ4n) is 1.07. The van der Waals surface area contributed by atoms with Crippen LogP contribution in [0.15, 0.2) is 0 Å². The fourth-order valence-corrected chi connectivity index (χ4v) is 1.07. The van der Waals surface area contributed by atoms with Gasteiger partial charge in [0.15, 0.2) is 12.4 Å². The summed E-state index contributed by atoms with van der Waals surface area (Å²) in [4.78, 5) is 10.4. The quantitative estimate of drug-likeness (QED) is 0.233. The van der Waals surface area contributed by atoms with E-state index in [2.05, 4.69) is 4.74 Å². The number of aliphatic hydroxyl groups excluding tert-OH is 4. The molecular weight excluding hydrogens is 280 g/mol. The molecule has 5 atom stereocenters. The van der Waals surface area contributed by atoms with Crippen LogP contribution in [0.4, 0.5) is 0 Å². The number of carboxylic acid groups (broad SMARTS) is 1. The Bertz CT molecular complexity index is 369. The molecule has 0 aromatic rings. The van der Waals surface area contributed by atoms with Crippen molar-refractivity contribution < 1.29 is 52.6 Å². The largest absolute Gasteiger partial charge is 0.479 e. The zero-order valence-corrected chi connectivity index (χ0v) is 9.37. The molecule has 0 amide bonds. The van der Waals surface area contributed by atoms with Gasteiger partial charge in [-0.2, -0.15) is 8.42 Å². The first-order valence-electron chi connectivity index (χ1n) is 4.25. The Hall–Kier alpha value is -0.860. The van der Waals surface area contributed by atoms with E-state index < -0.39 is 47.1 Å². The van der Waals surface area contributed by atoms with Crippen LogP contribution in [0, 0.1) is 0 Å². The highest BCUT2D eigenvalue weighted by molar-refractivity contribution is 7.79. The number of hydrogen-bond donors (Lipinski definition) is 7. The highest BCUT2D eigenvalue weighted by Crippen LogP contribution is 2.19. The average Bonchev–Trinajstić information content (AvgIpc) is 2.17. The molecule has 0 spiro atoms. The highest BCUT2D eigenvalue weighted by atomic mass is 32.3. The van der Waals surface area contributed by atoms with Crippen molar-refractivity contribution in [3.63, 3.8) is 0 Å². The van der Waals surface area contributed by atoms with Crippen molar-refractivity contribution in [2.24, 2.45) is 0 Å². The third-order valence-electron chi connectivity index (χ3n) is 1.83. The molecule has 18 heavy (non-hydrogen) atoms. The predicted molar refractivity (Wildman–Crippen MR) is 50.7 cm³/mol. The molecule has 108 valence electrons. The summed E-state index contributed by atoms with van der Waals surface area (Å²) in [6.45, 7) is 0. The average molecular weight is 292 g/mol. The molecule has 0 aromatic carbocycles. The zero-order chi connectivity index (χ0) is 14.7. The maximum atomic E-state index is 10.4. The van der Waals surface area contributed by atoms with Crippen LogP contribution in [-0.4, -0.2) is 79.7 Å². The number of aliphatic carboxylic acids is 1. The van der Waals surface area contributed by atoms with Crippen LogP contribution in [0.25, 0.3) is 0 Å². The summed E-state index contributed by atoms with van der Waals surface area (Å²) >= 11 is 0. The molecule has 1 heterocycles. The number of ether oxygens (including phenoxy) is 1. The minimum Gasteiger partial charge on any atom is -0.479 e. The molecule has 0 aromatic heterocycles. The van der Waals surface area contributed by atoms with Crippen LogP contribution in [0.1, 0.15) is 0 Å². The van der Waals surface area contributed by atoms with Crippen molar-refractivity contribution in [1.29, 1.82) is 0 Å². The summed E-state index contributed by atoms with van der Waals surface area (Å²) < 4.78 is 35.9. The summed E-state index contributed by atoms with van der Waals surface area (Å²) in [6, 6.07) is 0. The van der Waals surface area contributed by atoms with E-state index in [4.69, 9.17) is 43.1 Å². The Kier molecular flexibility index (Phi) is 6.05. The SMILES string of the molecule is O=C(O)[C@H]1OC(O)[C@H](O)[C@@H](O)[C@@H]1O.O=S(=O)(O)O. The van der Waals surface area contributed by atoms with Crippen LogP contribution in [0.2, 0.25) is 0 Å². The lowest BCUT2D eigenvalue weighted by atomic mass is 9.99. The van der Waals surface area contributed by atoms with Gasteiger partial charge in [0.25, 0.3) is 0 Å². The van der Waals surface area contributed by atoms with E-state index in [1.54, 1.807) is 0 Å². The number of carboxylic acids is 1. The number of aliphatic hydroxyl groups is 4. The molecule has 1 saturated heterocycles. The van der Waals surface area contributed by atoms with Gasteiger partial charge in [0.2, 0.25) is 0 Å². The first-order valence-corrected chi connectivity index (χ1v) is 5.65. The smallest absolute Gasteiger partial charge is 0.394 e. The van der Waals surface area contributed by atoms with Crippen LogP contribution in [0.3, 0.4) is 0 Å². The van der Waals surface area contributed by atoms with Gasteiger partial charge in [0, 0.05) is 0 Å². The van der Waals surface area contributed by atoms with Crippen molar-refractivity contribution in [1.82, 2.24) is 0 Å². The number of carbonyl (C=O) groups is 1. The van der Waals surface area contributed by atoms with E-state index in [9.17, 15) is 4.79 Å². The molecule has 1 unspecified atom stereocenters. The van der Waals surface area contributed by atoms with Gasteiger partial charge in [-0.1, -0.05) is 0 Å². The van der Waals surface area contributed by atoms with Crippen LogP contribution in [-0.2, 0) is 19.9 Å². The maximum Gasteiger partial charge on any atom is 0.394 e. The van der Waals surface area contributed by atoms with Gasteiger partial charge < -0.3 is 30.3 Å². The molecule has 11 nitrogen and oxygen atoms in total. The lowest BCUT2D eigenvalue weighted by molar-refractivity contribution is -0.279.